The minimum atomic E-state index is -0.627. The average molecular weight is 606 g/mol. The van der Waals surface area contributed by atoms with Crippen molar-refractivity contribution in [1.82, 2.24) is 5.43 Å². The Kier molecular flexibility index (Phi) is 17.9. The third-order valence-corrected chi connectivity index (χ3v) is 7.50. The van der Waals surface area contributed by atoms with Crippen molar-refractivity contribution in [3.8, 4) is 11.5 Å². The number of halogens is 2. The Morgan fingerprint density at radius 1 is 0.780 bits per heavy atom. The maximum Gasteiger partial charge on any atom is 0.345 e. The number of nitrogens with zero attached hydrogens (tertiary/aromatic N) is 1. The van der Waals surface area contributed by atoms with Gasteiger partial charge < -0.3 is 9.47 Å². The molecule has 0 saturated heterocycles. The first-order chi connectivity index (χ1) is 19.9. The second-order valence-corrected chi connectivity index (χ2v) is 11.3. The van der Waals surface area contributed by atoms with E-state index in [4.69, 9.17) is 32.7 Å². The molecule has 1 N–H and O–H groups in total. The van der Waals surface area contributed by atoms with Gasteiger partial charge in [0, 0.05) is 11.4 Å². The first kappa shape index (κ1) is 34.6. The van der Waals surface area contributed by atoms with Crippen LogP contribution in [0.5, 0.6) is 11.5 Å². The monoisotopic (exact) mass is 604 g/mol. The molecular formula is C33H46Cl2N2O4. The van der Waals surface area contributed by atoms with Crippen LogP contribution in [0.4, 0.5) is 0 Å². The second-order valence-electron chi connectivity index (χ2n) is 10.4. The molecule has 41 heavy (non-hydrogen) atoms. The highest BCUT2D eigenvalue weighted by Gasteiger charge is 2.16. The maximum atomic E-state index is 12.5. The lowest BCUT2D eigenvalue weighted by Crippen LogP contribution is -2.16. The quantitative estimate of drug-likeness (QED) is 0.0505. The normalized spacial score (nSPS) is 11.1. The molecule has 0 aliphatic rings. The number of benzene rings is 2. The predicted octanol–water partition coefficient (Wildman–Crippen LogP) is 9.93. The molecule has 0 heterocycles. The molecule has 8 heteroatoms. The van der Waals surface area contributed by atoms with Gasteiger partial charge >= 0.3 is 5.97 Å². The van der Waals surface area contributed by atoms with E-state index in [0.29, 0.717) is 22.8 Å². The van der Waals surface area contributed by atoms with Gasteiger partial charge in [0.1, 0.15) is 0 Å². The molecule has 6 nitrogen and oxygen atoms in total. The van der Waals surface area contributed by atoms with Gasteiger partial charge in [-0.05, 0) is 48.4 Å². The fraction of sp³-hybridized carbons (Fsp3) is 0.545. The molecule has 0 aromatic heterocycles. The molecule has 0 bridgehead atoms. The van der Waals surface area contributed by atoms with Gasteiger partial charge in [-0.25, -0.2) is 10.2 Å². The Morgan fingerprint density at radius 3 is 1.93 bits per heavy atom. The number of methoxy groups -OCH3 is 1. The molecule has 0 spiro atoms. The van der Waals surface area contributed by atoms with Crippen molar-refractivity contribution in [3.05, 3.63) is 57.6 Å². The fourth-order valence-electron chi connectivity index (χ4n) is 4.55. The molecule has 226 valence electrons. The number of hydrogen-bond acceptors (Lipinski definition) is 5. The summed E-state index contributed by atoms with van der Waals surface area (Å²) in [6.45, 7) is 2.27. The van der Waals surface area contributed by atoms with Crippen molar-refractivity contribution in [2.24, 2.45) is 5.10 Å². The summed E-state index contributed by atoms with van der Waals surface area (Å²) < 4.78 is 10.8. The van der Waals surface area contributed by atoms with Crippen molar-refractivity contribution in [2.45, 2.75) is 110 Å². The highest BCUT2D eigenvalue weighted by molar-refractivity contribution is 6.36. The van der Waals surface area contributed by atoms with E-state index in [-0.39, 0.29) is 22.2 Å². The summed E-state index contributed by atoms with van der Waals surface area (Å²) in [6.07, 6.45) is 21.4. The number of carbonyl (C=O) groups is 2. The van der Waals surface area contributed by atoms with Gasteiger partial charge in [-0.3, -0.25) is 4.79 Å². The van der Waals surface area contributed by atoms with E-state index in [0.717, 1.165) is 12.8 Å². The number of carbonyl (C=O) groups excluding carboxylic acids is 2. The van der Waals surface area contributed by atoms with Crippen molar-refractivity contribution < 1.29 is 19.1 Å². The molecule has 0 saturated carbocycles. The van der Waals surface area contributed by atoms with Crippen LogP contribution < -0.4 is 14.9 Å². The van der Waals surface area contributed by atoms with E-state index in [2.05, 4.69) is 17.5 Å². The third-order valence-electron chi connectivity index (χ3n) is 6.95. The molecule has 0 atom stereocenters. The molecule has 0 unspecified atom stereocenters. The summed E-state index contributed by atoms with van der Waals surface area (Å²) in [4.78, 5) is 24.6. The molecule has 0 aliphatic carbocycles. The Balaban J connectivity index is 1.58. The van der Waals surface area contributed by atoms with Crippen LogP contribution in [0.3, 0.4) is 0 Å². The second kappa shape index (κ2) is 21.2. The zero-order chi connectivity index (χ0) is 29.7. The first-order valence-corrected chi connectivity index (χ1v) is 15.9. The lowest BCUT2D eigenvalue weighted by atomic mass is 10.0. The number of ether oxygens (including phenoxy) is 2. The van der Waals surface area contributed by atoms with Crippen LogP contribution in [0.2, 0.25) is 10.0 Å². The number of amides is 1. The van der Waals surface area contributed by atoms with E-state index in [1.807, 2.05) is 0 Å². The van der Waals surface area contributed by atoms with E-state index < -0.39 is 5.97 Å². The predicted molar refractivity (Wildman–Crippen MR) is 170 cm³/mol. The molecule has 0 radical (unpaired) electrons. The minimum Gasteiger partial charge on any atom is -0.493 e. The van der Waals surface area contributed by atoms with Crippen LogP contribution in [0.15, 0.2) is 41.5 Å². The van der Waals surface area contributed by atoms with Gasteiger partial charge in [0.15, 0.2) is 11.5 Å². The summed E-state index contributed by atoms with van der Waals surface area (Å²) in [5.74, 6) is -0.153. The van der Waals surface area contributed by atoms with Crippen molar-refractivity contribution in [2.75, 3.05) is 7.11 Å². The molecule has 2 aromatic rings. The third kappa shape index (κ3) is 14.8. The van der Waals surface area contributed by atoms with Crippen LogP contribution in [-0.2, 0) is 4.79 Å². The summed E-state index contributed by atoms with van der Waals surface area (Å²) >= 11 is 12.0. The molecule has 2 rings (SSSR count). The fourth-order valence-corrected chi connectivity index (χ4v) is 5.04. The Hall–Kier alpha value is -2.57. The molecule has 1 amide bonds. The largest absolute Gasteiger partial charge is 0.493 e. The van der Waals surface area contributed by atoms with Crippen LogP contribution in [0, 0.1) is 0 Å². The highest BCUT2D eigenvalue weighted by Crippen LogP contribution is 2.30. The first-order valence-electron chi connectivity index (χ1n) is 15.1. The van der Waals surface area contributed by atoms with Gasteiger partial charge in [0.05, 0.1) is 23.9 Å². The summed E-state index contributed by atoms with van der Waals surface area (Å²) in [7, 11) is 1.47. The van der Waals surface area contributed by atoms with Gasteiger partial charge in [0.25, 0.3) is 0 Å². The zero-order valence-electron chi connectivity index (χ0n) is 24.7. The lowest BCUT2D eigenvalue weighted by Gasteiger charge is -2.10. The zero-order valence-corrected chi connectivity index (χ0v) is 26.2. The molecule has 0 aliphatic heterocycles. The van der Waals surface area contributed by atoms with Crippen molar-refractivity contribution in [3.63, 3.8) is 0 Å². The standard InChI is InChI=1S/C33H46Cl2N2O4/c1-3-4-5-6-7-8-9-10-11-12-13-14-15-16-17-18-32(38)37-36-25-26-19-22-30(31(23-26)40-2)41-33(39)28-21-20-27(34)24-29(28)35/h19-25H,3-18H2,1-2H3,(H,37,38)/b36-25-. The van der Waals surface area contributed by atoms with Gasteiger partial charge in [-0.1, -0.05) is 120 Å². The van der Waals surface area contributed by atoms with E-state index in [1.165, 1.54) is 109 Å². The van der Waals surface area contributed by atoms with Crippen LogP contribution >= 0.6 is 23.2 Å². The maximum absolute atomic E-state index is 12.5. The van der Waals surface area contributed by atoms with E-state index >= 15 is 0 Å². The van der Waals surface area contributed by atoms with Gasteiger partial charge in [-0.15, -0.1) is 0 Å². The van der Waals surface area contributed by atoms with Gasteiger partial charge in [0.2, 0.25) is 5.91 Å². The molecule has 0 fully saturated rings. The van der Waals surface area contributed by atoms with E-state index in [9.17, 15) is 9.59 Å². The summed E-state index contributed by atoms with van der Waals surface area (Å²) in [5, 5.41) is 4.67. The number of hydrogen-bond donors (Lipinski definition) is 1. The van der Waals surface area contributed by atoms with Crippen molar-refractivity contribution >= 4 is 41.3 Å². The van der Waals surface area contributed by atoms with Crippen LogP contribution in [0.1, 0.15) is 126 Å². The number of nitrogens with one attached hydrogen (secondary N) is 1. The Morgan fingerprint density at radius 2 is 1.37 bits per heavy atom. The van der Waals surface area contributed by atoms with Crippen LogP contribution in [-0.4, -0.2) is 25.2 Å². The average Bonchev–Trinajstić information content (AvgIpc) is 2.95. The lowest BCUT2D eigenvalue weighted by molar-refractivity contribution is -0.121. The number of hydrazone groups is 1. The van der Waals surface area contributed by atoms with Gasteiger partial charge in [-0.2, -0.15) is 5.10 Å². The molecule has 2 aromatic carbocycles. The number of esters is 1. The number of rotatable bonds is 21. The topological polar surface area (TPSA) is 77.0 Å². The summed E-state index contributed by atoms with van der Waals surface area (Å²) in [5.41, 5.74) is 3.45. The smallest absolute Gasteiger partial charge is 0.345 e. The SMILES string of the molecule is CCCCCCCCCCCCCCCCCC(=O)N/N=C\c1ccc(OC(=O)c2ccc(Cl)cc2Cl)c(OC)c1. The van der Waals surface area contributed by atoms with E-state index in [1.54, 1.807) is 24.3 Å². The number of unbranched alkanes of at least 4 members (excludes halogenated alkanes) is 14. The van der Waals surface area contributed by atoms with Crippen LogP contribution in [0.25, 0.3) is 0 Å². The minimum absolute atomic E-state index is 0.103. The van der Waals surface area contributed by atoms with Crippen molar-refractivity contribution in [1.29, 1.82) is 0 Å². The Bertz CT molecular complexity index is 1090. The highest BCUT2D eigenvalue weighted by atomic mass is 35.5. The summed E-state index contributed by atoms with van der Waals surface area (Å²) in [6, 6.07) is 9.51. The molecular weight excluding hydrogens is 559 g/mol. The Labute approximate surface area is 256 Å².